The molecule has 1 unspecified atom stereocenters. The maximum atomic E-state index is 14.2. The molecule has 2 aliphatic carbocycles. The molecule has 19 heteroatoms. The summed E-state index contributed by atoms with van der Waals surface area (Å²) in [5.74, 6) is -5.63. The van der Waals surface area contributed by atoms with Gasteiger partial charge in [-0.2, -0.15) is 0 Å². The van der Waals surface area contributed by atoms with Gasteiger partial charge in [-0.3, -0.25) is 48.3 Å². The Kier molecular flexibility index (Phi) is 11.6. The summed E-state index contributed by atoms with van der Waals surface area (Å²) >= 11 is 0.899. The van der Waals surface area contributed by atoms with E-state index in [0.29, 0.717) is 45.4 Å². The highest BCUT2D eigenvalue weighted by Crippen LogP contribution is 2.53. The van der Waals surface area contributed by atoms with Crippen molar-refractivity contribution in [3.63, 3.8) is 0 Å². The smallest absolute Gasteiger partial charge is 0.253 e. The molecular weight excluding hydrogens is 843 g/mol. The number of phenols is 2. The largest absolute Gasteiger partial charge is 0.507 e. The highest BCUT2D eigenvalue weighted by molar-refractivity contribution is 8.01. The molecular formula is C44H47N3O15S. The van der Waals surface area contributed by atoms with Gasteiger partial charge in [0.15, 0.2) is 17.9 Å². The van der Waals surface area contributed by atoms with E-state index in [1.165, 1.54) is 37.5 Å². The number of rotatable bonds is 13. The van der Waals surface area contributed by atoms with Gasteiger partial charge >= 0.3 is 0 Å². The quantitative estimate of drug-likeness (QED) is 0.126. The molecule has 0 aromatic heterocycles. The van der Waals surface area contributed by atoms with Crippen molar-refractivity contribution in [1.82, 2.24) is 14.7 Å². The molecule has 3 N–H and O–H groups in total. The Hall–Kier alpha value is -5.02. The summed E-state index contributed by atoms with van der Waals surface area (Å²) in [7, 11) is 1.33. The molecule has 5 aliphatic heterocycles. The second-order valence-corrected chi connectivity index (χ2v) is 18.1. The monoisotopic (exact) mass is 889 g/mol. The first-order valence-electron chi connectivity index (χ1n) is 21.1. The number of carbonyl (C=O) groups is 7. The molecule has 63 heavy (non-hydrogen) atoms. The van der Waals surface area contributed by atoms with Crippen LogP contribution in [-0.4, -0.2) is 158 Å². The van der Waals surface area contributed by atoms with Crippen LogP contribution in [0.1, 0.15) is 94.5 Å². The van der Waals surface area contributed by atoms with Gasteiger partial charge in [-0.15, -0.1) is 11.8 Å². The predicted molar refractivity (Wildman–Crippen MR) is 218 cm³/mol. The fraction of sp³-hybridized carbons (Fsp3) is 0.523. The molecule has 0 radical (unpaired) electrons. The lowest BCUT2D eigenvalue weighted by molar-refractivity contribution is -0.247. The topological polar surface area (TPSA) is 236 Å². The molecule has 9 rings (SSSR count). The number of amides is 4. The minimum absolute atomic E-state index is 0.0652. The zero-order valence-corrected chi connectivity index (χ0v) is 35.4. The number of ether oxygens (including phenoxy) is 5. The van der Waals surface area contributed by atoms with Crippen molar-refractivity contribution in [3.8, 4) is 17.2 Å². The summed E-state index contributed by atoms with van der Waals surface area (Å²) < 4.78 is 30.2. The number of aromatic hydroxyl groups is 2. The number of benzene rings is 2. The molecule has 334 valence electrons. The molecule has 5 heterocycles. The van der Waals surface area contributed by atoms with Gasteiger partial charge in [-0.25, -0.2) is 0 Å². The van der Waals surface area contributed by atoms with Gasteiger partial charge in [0.25, 0.3) is 11.8 Å². The Balaban J connectivity index is 0.952. The van der Waals surface area contributed by atoms with Crippen LogP contribution in [0.15, 0.2) is 30.4 Å². The summed E-state index contributed by atoms with van der Waals surface area (Å²) in [5, 5.41) is 35.5. The second kappa shape index (κ2) is 16.8. The summed E-state index contributed by atoms with van der Waals surface area (Å²) in [5.41, 5.74) is -3.63. The third-order valence-corrected chi connectivity index (χ3v) is 14.4. The number of phenolic OH excluding ortho intramolecular Hbond substituents is 2. The molecule has 2 aromatic rings. The Morgan fingerprint density at radius 3 is 2.41 bits per heavy atom. The zero-order valence-electron chi connectivity index (χ0n) is 34.6. The van der Waals surface area contributed by atoms with Crippen LogP contribution in [0.3, 0.4) is 0 Å². The molecule has 7 aliphatic rings. The molecule has 4 amide bonds. The Morgan fingerprint density at radius 1 is 0.937 bits per heavy atom. The standard InChI is InChI=1S/C44H47N3O15S/c1-21-42-24(45-13-14-59-19-32(45)62-42)15-33(60-21)61-26-18-44(57,17-23-35(26)41(55)37-36(39(23)53)38(52)22-7-6-8-25(58-2)34(22)40(37)54)28(48)20-63-27-16-31(51)47(43(27)56)12-5-3-4-11-46-29(49)9-10-30(46)50/h6-10,21,24,26-27,32-33,42,53,55,57H,3-5,11-20H2,1-2H3/t21-,24-,26-,27?,32+,33-,42+,44-/m0/s1. The number of aliphatic hydroxyl groups is 1. The van der Waals surface area contributed by atoms with Crippen molar-refractivity contribution in [1.29, 1.82) is 0 Å². The first-order valence-corrected chi connectivity index (χ1v) is 22.2. The number of carbonyl (C=O) groups excluding carboxylic acids is 7. The van der Waals surface area contributed by atoms with Crippen molar-refractivity contribution in [3.05, 3.63) is 63.7 Å². The van der Waals surface area contributed by atoms with E-state index in [-0.39, 0.29) is 77.7 Å². The van der Waals surface area contributed by atoms with E-state index in [9.17, 15) is 48.9 Å². The number of hydrogen-bond donors (Lipinski definition) is 3. The molecule has 4 fully saturated rings. The number of hydrogen-bond acceptors (Lipinski definition) is 17. The minimum Gasteiger partial charge on any atom is -0.507 e. The van der Waals surface area contributed by atoms with Gasteiger partial charge in [-0.05, 0) is 32.3 Å². The van der Waals surface area contributed by atoms with Crippen LogP contribution in [0.5, 0.6) is 17.2 Å². The van der Waals surface area contributed by atoms with Gasteiger partial charge in [0.2, 0.25) is 17.6 Å². The summed E-state index contributed by atoms with van der Waals surface area (Å²) in [6.45, 7) is 3.69. The number of nitrogens with zero attached hydrogens (tertiary/aromatic N) is 3. The van der Waals surface area contributed by atoms with Crippen LogP contribution in [0.4, 0.5) is 0 Å². The van der Waals surface area contributed by atoms with Gasteiger partial charge < -0.3 is 39.0 Å². The number of methoxy groups -OCH3 is 1. The van der Waals surface area contributed by atoms with Crippen LogP contribution in [0.2, 0.25) is 0 Å². The lowest BCUT2D eigenvalue weighted by Crippen LogP contribution is -2.53. The first kappa shape index (κ1) is 43.2. The predicted octanol–water partition coefficient (Wildman–Crippen LogP) is 1.70. The Labute approximate surface area is 365 Å². The van der Waals surface area contributed by atoms with Crippen LogP contribution < -0.4 is 4.74 Å². The number of unbranched alkanes of at least 4 members (excludes halogenated alkanes) is 2. The highest BCUT2D eigenvalue weighted by Gasteiger charge is 2.54. The van der Waals surface area contributed by atoms with Crippen molar-refractivity contribution in [2.45, 2.75) is 99.6 Å². The number of morpholine rings is 1. The molecule has 18 nitrogen and oxygen atoms in total. The van der Waals surface area contributed by atoms with Crippen LogP contribution in [-0.2, 0) is 49.3 Å². The summed E-state index contributed by atoms with van der Waals surface area (Å²) in [6.07, 6.45) is -0.382. The molecule has 0 bridgehead atoms. The lowest BCUT2D eigenvalue weighted by Gasteiger charge is -2.43. The van der Waals surface area contributed by atoms with E-state index in [0.717, 1.165) is 21.6 Å². The molecule has 2 aromatic carbocycles. The molecule has 0 spiro atoms. The van der Waals surface area contributed by atoms with Gasteiger partial charge in [0, 0.05) is 80.2 Å². The van der Waals surface area contributed by atoms with Crippen molar-refractivity contribution in [2.24, 2.45) is 0 Å². The molecule has 0 saturated carbocycles. The third kappa shape index (κ3) is 7.46. The zero-order chi connectivity index (χ0) is 44.5. The van der Waals surface area contributed by atoms with E-state index >= 15 is 0 Å². The van der Waals surface area contributed by atoms with E-state index in [4.69, 9.17) is 23.7 Å². The summed E-state index contributed by atoms with van der Waals surface area (Å²) in [6, 6.07) is 4.27. The fourth-order valence-corrected chi connectivity index (χ4v) is 11.2. The number of likely N-dealkylation sites (tertiary alicyclic amines) is 1. The van der Waals surface area contributed by atoms with Gasteiger partial charge in [0.05, 0.1) is 60.2 Å². The van der Waals surface area contributed by atoms with E-state index < -0.39 is 99.7 Å². The van der Waals surface area contributed by atoms with Gasteiger partial charge in [-0.1, -0.05) is 12.1 Å². The average Bonchev–Trinajstić information content (AvgIpc) is 3.90. The lowest BCUT2D eigenvalue weighted by atomic mass is 9.72. The minimum atomic E-state index is -2.28. The Bertz CT molecular complexity index is 2330. The third-order valence-electron chi connectivity index (χ3n) is 13.2. The SMILES string of the molecule is COc1cccc2c1C(=O)c1c(O)c3c(c(O)c1C2=O)C[C@@](O)(C(=O)CSC1CC(=O)N(CCCCCN2C(=O)C=CC2=O)C1=O)C[C@@H]3O[C@H]1C[C@H]2[C@H](O[C@@H]3COCCN32)[C@H](C)O1. The average molecular weight is 890 g/mol. The van der Waals surface area contributed by atoms with Crippen LogP contribution in [0, 0.1) is 0 Å². The number of imide groups is 2. The second-order valence-electron chi connectivity index (χ2n) is 16.9. The van der Waals surface area contributed by atoms with Crippen molar-refractivity contribution in [2.75, 3.05) is 45.7 Å². The molecule has 4 saturated heterocycles. The van der Waals surface area contributed by atoms with Crippen LogP contribution in [0.25, 0.3) is 0 Å². The van der Waals surface area contributed by atoms with Crippen molar-refractivity contribution < 1.29 is 72.6 Å². The number of fused-ring (bicyclic) bond motifs is 6. The summed E-state index contributed by atoms with van der Waals surface area (Å²) in [4.78, 5) is 96.9. The van der Waals surface area contributed by atoms with Crippen LogP contribution >= 0.6 is 11.8 Å². The molecule has 8 atom stereocenters. The van der Waals surface area contributed by atoms with Gasteiger partial charge in [0.1, 0.15) is 35.2 Å². The van der Waals surface area contributed by atoms with E-state index in [1.807, 2.05) is 6.92 Å². The van der Waals surface area contributed by atoms with E-state index in [1.54, 1.807) is 0 Å². The first-order chi connectivity index (χ1) is 30.2. The maximum Gasteiger partial charge on any atom is 0.253 e. The number of ketones is 3. The number of thioether (sulfide) groups is 1. The Morgan fingerprint density at radius 2 is 1.67 bits per heavy atom. The van der Waals surface area contributed by atoms with Crippen molar-refractivity contribution >= 4 is 52.7 Å². The normalized spacial score (nSPS) is 30.1. The number of Topliss-reactive ketones (excluding diaryl/α,β-unsaturated/α-hetero) is 1. The maximum absolute atomic E-state index is 14.2. The van der Waals surface area contributed by atoms with E-state index in [2.05, 4.69) is 4.90 Å². The highest BCUT2D eigenvalue weighted by atomic mass is 32.2. The fourth-order valence-electron chi connectivity index (χ4n) is 10.0.